The molecule has 7 heteroatoms. The fraction of sp³-hybridized carbons (Fsp3) is 0.357. The maximum Gasteiger partial charge on any atom is 0.330 e. The number of nitrogens with one attached hydrogen (secondary N) is 1. The molecule has 1 aromatic carbocycles. The summed E-state index contributed by atoms with van der Waals surface area (Å²) in [5, 5.41) is 2.96. The molecule has 0 unspecified atom stereocenters. The van der Waals surface area contributed by atoms with Crippen molar-refractivity contribution >= 4 is 5.95 Å². The van der Waals surface area contributed by atoms with E-state index in [1.807, 2.05) is 20.8 Å². The molecule has 6 nitrogen and oxygen atoms in total. The Morgan fingerprint density at radius 2 is 1.95 bits per heavy atom. The van der Waals surface area contributed by atoms with E-state index >= 15 is 0 Å². The summed E-state index contributed by atoms with van der Waals surface area (Å²) in [6.45, 7) is 6.29. The van der Waals surface area contributed by atoms with Gasteiger partial charge in [-0.05, 0) is 32.9 Å². The van der Waals surface area contributed by atoms with Gasteiger partial charge in [-0.3, -0.25) is 0 Å². The summed E-state index contributed by atoms with van der Waals surface area (Å²) in [7, 11) is 0. The van der Waals surface area contributed by atoms with Gasteiger partial charge in [0.05, 0.1) is 6.10 Å². The molecule has 0 bridgehead atoms. The molecule has 0 spiro atoms. The second-order valence-electron chi connectivity index (χ2n) is 4.48. The van der Waals surface area contributed by atoms with E-state index in [4.69, 9.17) is 9.47 Å². The summed E-state index contributed by atoms with van der Waals surface area (Å²) in [6, 6.07) is 5.94. The standard InChI is InChI=1S/C14H17FN4O2/c1-4-16-12-17-13(20-9(2)3)19-14(18-12)21-11-7-5-6-10(15)8-11/h5-9H,4H2,1-3H3,(H,16,17,18,19). The molecule has 0 amide bonds. The molecule has 0 fully saturated rings. The molecule has 0 atom stereocenters. The lowest BCUT2D eigenvalue weighted by Crippen LogP contribution is -2.12. The zero-order valence-corrected chi connectivity index (χ0v) is 12.1. The van der Waals surface area contributed by atoms with Gasteiger partial charge in [-0.1, -0.05) is 6.07 Å². The minimum Gasteiger partial charge on any atom is -0.461 e. The predicted molar refractivity (Wildman–Crippen MR) is 76.2 cm³/mol. The van der Waals surface area contributed by atoms with Crippen molar-refractivity contribution in [2.24, 2.45) is 0 Å². The van der Waals surface area contributed by atoms with E-state index < -0.39 is 5.82 Å². The third-order valence-corrected chi connectivity index (χ3v) is 2.28. The average Bonchev–Trinajstić information content (AvgIpc) is 2.37. The topological polar surface area (TPSA) is 69.2 Å². The Morgan fingerprint density at radius 1 is 1.19 bits per heavy atom. The highest BCUT2D eigenvalue weighted by atomic mass is 19.1. The van der Waals surface area contributed by atoms with E-state index in [1.165, 1.54) is 12.1 Å². The van der Waals surface area contributed by atoms with Crippen molar-refractivity contribution in [2.45, 2.75) is 26.9 Å². The maximum atomic E-state index is 13.2. The Morgan fingerprint density at radius 3 is 2.62 bits per heavy atom. The number of ether oxygens (including phenoxy) is 2. The highest BCUT2D eigenvalue weighted by molar-refractivity contribution is 5.30. The van der Waals surface area contributed by atoms with E-state index in [9.17, 15) is 4.39 Å². The number of halogens is 1. The SMILES string of the molecule is CCNc1nc(Oc2cccc(F)c2)nc(OC(C)C)n1. The molecule has 0 saturated carbocycles. The molecule has 0 saturated heterocycles. The number of nitrogens with zero attached hydrogens (tertiary/aromatic N) is 3. The van der Waals surface area contributed by atoms with Crippen LogP contribution in [0, 0.1) is 5.82 Å². The van der Waals surface area contributed by atoms with Crippen molar-refractivity contribution in [3.8, 4) is 17.8 Å². The number of hydrogen-bond donors (Lipinski definition) is 1. The second-order valence-corrected chi connectivity index (χ2v) is 4.48. The summed E-state index contributed by atoms with van der Waals surface area (Å²) >= 11 is 0. The minimum absolute atomic E-state index is 0.0437. The third kappa shape index (κ3) is 4.55. The highest BCUT2D eigenvalue weighted by Crippen LogP contribution is 2.21. The van der Waals surface area contributed by atoms with Gasteiger partial charge in [-0.25, -0.2) is 4.39 Å². The molecule has 21 heavy (non-hydrogen) atoms. The smallest absolute Gasteiger partial charge is 0.330 e. The predicted octanol–water partition coefficient (Wildman–Crippen LogP) is 3.02. The molecule has 2 rings (SSSR count). The van der Waals surface area contributed by atoms with Crippen molar-refractivity contribution in [1.82, 2.24) is 15.0 Å². The number of anilines is 1. The zero-order valence-electron chi connectivity index (χ0n) is 12.1. The van der Waals surface area contributed by atoms with Gasteiger partial charge in [0.25, 0.3) is 0 Å². The highest BCUT2D eigenvalue weighted by Gasteiger charge is 2.10. The van der Waals surface area contributed by atoms with Gasteiger partial charge >= 0.3 is 12.0 Å². The van der Waals surface area contributed by atoms with Gasteiger partial charge in [-0.2, -0.15) is 9.97 Å². The van der Waals surface area contributed by atoms with Crippen molar-refractivity contribution < 1.29 is 13.9 Å². The zero-order chi connectivity index (χ0) is 15.2. The van der Waals surface area contributed by atoms with Crippen LogP contribution in [0.3, 0.4) is 0 Å². The van der Waals surface area contributed by atoms with Crippen LogP contribution in [0.25, 0.3) is 0 Å². The number of rotatable bonds is 6. The largest absolute Gasteiger partial charge is 0.461 e. The lowest BCUT2D eigenvalue weighted by atomic mass is 10.3. The molecular weight excluding hydrogens is 275 g/mol. The molecular formula is C14H17FN4O2. The van der Waals surface area contributed by atoms with Crippen molar-refractivity contribution in [2.75, 3.05) is 11.9 Å². The first-order valence-electron chi connectivity index (χ1n) is 6.67. The Labute approximate surface area is 122 Å². The van der Waals surface area contributed by atoms with Crippen molar-refractivity contribution in [1.29, 1.82) is 0 Å². The van der Waals surface area contributed by atoms with E-state index in [1.54, 1.807) is 12.1 Å². The lowest BCUT2D eigenvalue weighted by Gasteiger charge is -2.11. The first-order valence-corrected chi connectivity index (χ1v) is 6.67. The summed E-state index contributed by atoms with van der Waals surface area (Å²) in [4.78, 5) is 12.3. The average molecular weight is 292 g/mol. The van der Waals surface area contributed by atoms with Crippen LogP contribution in [0.5, 0.6) is 17.8 Å². The molecule has 1 N–H and O–H groups in total. The lowest BCUT2D eigenvalue weighted by molar-refractivity contribution is 0.218. The van der Waals surface area contributed by atoms with Crippen LogP contribution in [0.2, 0.25) is 0 Å². The molecule has 0 radical (unpaired) electrons. The Balaban J connectivity index is 2.26. The van der Waals surface area contributed by atoms with Gasteiger partial charge in [0.1, 0.15) is 11.6 Å². The molecule has 0 aliphatic carbocycles. The van der Waals surface area contributed by atoms with Crippen LogP contribution in [-0.2, 0) is 0 Å². The van der Waals surface area contributed by atoms with Crippen molar-refractivity contribution in [3.63, 3.8) is 0 Å². The van der Waals surface area contributed by atoms with Crippen LogP contribution < -0.4 is 14.8 Å². The van der Waals surface area contributed by atoms with Crippen LogP contribution in [0.4, 0.5) is 10.3 Å². The third-order valence-electron chi connectivity index (χ3n) is 2.28. The Hall–Kier alpha value is -2.44. The summed E-state index contributed by atoms with van der Waals surface area (Å²) < 4.78 is 24.0. The summed E-state index contributed by atoms with van der Waals surface area (Å²) in [6.07, 6.45) is -0.0797. The molecule has 0 aliphatic heterocycles. The van der Waals surface area contributed by atoms with E-state index in [0.717, 1.165) is 0 Å². The molecule has 0 aliphatic rings. The summed E-state index contributed by atoms with van der Waals surface area (Å²) in [5.41, 5.74) is 0. The summed E-state index contributed by atoms with van der Waals surface area (Å²) in [5.74, 6) is 0.251. The van der Waals surface area contributed by atoms with Crippen LogP contribution in [0.1, 0.15) is 20.8 Å². The van der Waals surface area contributed by atoms with Crippen LogP contribution in [-0.4, -0.2) is 27.6 Å². The van der Waals surface area contributed by atoms with Gasteiger partial charge in [-0.15, -0.1) is 4.98 Å². The number of benzene rings is 1. The molecule has 1 aromatic heterocycles. The number of aromatic nitrogens is 3. The van der Waals surface area contributed by atoms with Crippen LogP contribution >= 0.6 is 0 Å². The van der Waals surface area contributed by atoms with Gasteiger partial charge in [0.15, 0.2) is 0 Å². The first kappa shape index (κ1) is 15.0. The minimum atomic E-state index is -0.396. The number of hydrogen-bond acceptors (Lipinski definition) is 6. The van der Waals surface area contributed by atoms with Gasteiger partial charge < -0.3 is 14.8 Å². The van der Waals surface area contributed by atoms with E-state index in [0.29, 0.717) is 18.2 Å². The normalized spacial score (nSPS) is 10.5. The second kappa shape index (κ2) is 6.83. The fourth-order valence-corrected chi connectivity index (χ4v) is 1.52. The van der Waals surface area contributed by atoms with Gasteiger partial charge in [0, 0.05) is 12.6 Å². The monoisotopic (exact) mass is 292 g/mol. The Kier molecular flexibility index (Phi) is 4.86. The molecule has 1 heterocycles. The first-order chi connectivity index (χ1) is 10.1. The van der Waals surface area contributed by atoms with Crippen molar-refractivity contribution in [3.05, 3.63) is 30.1 Å². The molecule has 2 aromatic rings. The van der Waals surface area contributed by atoms with Gasteiger partial charge in [0.2, 0.25) is 5.95 Å². The quantitative estimate of drug-likeness (QED) is 0.882. The van der Waals surface area contributed by atoms with Crippen LogP contribution in [0.15, 0.2) is 24.3 Å². The Bertz CT molecular complexity index is 607. The maximum absolute atomic E-state index is 13.2. The van der Waals surface area contributed by atoms with E-state index in [2.05, 4.69) is 20.3 Å². The van der Waals surface area contributed by atoms with E-state index in [-0.39, 0.29) is 18.1 Å². The molecule has 112 valence electrons. The fourth-order valence-electron chi connectivity index (χ4n) is 1.52.